The third-order valence-corrected chi connectivity index (χ3v) is 4.57. The Hall–Kier alpha value is -3.67. The number of nitrogens with one attached hydrogen (secondary N) is 1. The Kier molecular flexibility index (Phi) is 4.57. The molecule has 30 heavy (non-hydrogen) atoms. The maximum absolute atomic E-state index is 13.3. The summed E-state index contributed by atoms with van der Waals surface area (Å²) in [6, 6.07) is 4.32. The standard InChI is InChI=1S/C18H14F3N5O4/c1-30-16(29)11-8-25(7-10-14(11)23-24-15(10)28)9-2-3-13-12(6-9)22-17(18(19,20)21)26(13)4-5-27/h2-3,6-8,27H,4-5H2,1H3,(H,24,28). The summed E-state index contributed by atoms with van der Waals surface area (Å²) in [5.41, 5.74) is 0.290. The number of aromatic nitrogens is 5. The van der Waals surface area contributed by atoms with E-state index in [-0.39, 0.29) is 34.4 Å². The summed E-state index contributed by atoms with van der Waals surface area (Å²) < 4.78 is 47.0. The second-order valence-corrected chi connectivity index (χ2v) is 6.37. The zero-order valence-electron chi connectivity index (χ0n) is 15.4. The van der Waals surface area contributed by atoms with Crippen LogP contribution in [0.3, 0.4) is 0 Å². The van der Waals surface area contributed by atoms with E-state index in [1.54, 1.807) is 0 Å². The van der Waals surface area contributed by atoms with Crippen LogP contribution in [0.25, 0.3) is 28.0 Å². The van der Waals surface area contributed by atoms with E-state index in [9.17, 15) is 22.8 Å². The number of alkyl halides is 3. The minimum absolute atomic E-state index is 0.00948. The van der Waals surface area contributed by atoms with Gasteiger partial charge in [-0.25, -0.2) is 14.9 Å². The van der Waals surface area contributed by atoms with Crippen molar-refractivity contribution in [2.75, 3.05) is 13.7 Å². The maximum atomic E-state index is 13.3. The number of methoxy groups -OCH3 is 1. The number of rotatable bonds is 4. The molecule has 2 aliphatic rings. The second kappa shape index (κ2) is 6.99. The van der Waals surface area contributed by atoms with Gasteiger partial charge in [-0.05, 0) is 18.2 Å². The monoisotopic (exact) mass is 421 g/mol. The minimum atomic E-state index is -4.70. The molecule has 9 nitrogen and oxygen atoms in total. The van der Waals surface area contributed by atoms with Crippen LogP contribution in [0.5, 0.6) is 0 Å². The molecule has 0 saturated heterocycles. The number of nitrogens with zero attached hydrogens (tertiary/aromatic N) is 4. The predicted octanol–water partition coefficient (Wildman–Crippen LogP) is 1.81. The van der Waals surface area contributed by atoms with Gasteiger partial charge in [-0.15, -0.1) is 0 Å². The molecule has 0 bridgehead atoms. The Morgan fingerprint density at radius 1 is 1.30 bits per heavy atom. The van der Waals surface area contributed by atoms with E-state index in [4.69, 9.17) is 9.84 Å². The molecule has 2 aromatic rings. The first kappa shape index (κ1) is 19.6. The molecular weight excluding hydrogens is 407 g/mol. The van der Waals surface area contributed by atoms with Gasteiger partial charge in [-0.1, -0.05) is 0 Å². The number of H-pyrrole nitrogens is 1. The summed E-state index contributed by atoms with van der Waals surface area (Å²) in [6.07, 6.45) is -1.93. The number of esters is 1. The van der Waals surface area contributed by atoms with Crippen molar-refractivity contribution < 1.29 is 27.8 Å². The Morgan fingerprint density at radius 2 is 2.07 bits per heavy atom. The van der Waals surface area contributed by atoms with Crippen LogP contribution >= 0.6 is 0 Å². The lowest BCUT2D eigenvalue weighted by Crippen LogP contribution is -2.16. The molecule has 0 radical (unpaired) electrons. The van der Waals surface area contributed by atoms with Gasteiger partial charge in [0.15, 0.2) is 0 Å². The van der Waals surface area contributed by atoms with Gasteiger partial charge in [0.2, 0.25) is 5.82 Å². The number of aromatic amines is 1. The number of fused-ring (bicyclic) bond motifs is 2. The van der Waals surface area contributed by atoms with Gasteiger partial charge >= 0.3 is 12.1 Å². The van der Waals surface area contributed by atoms with Gasteiger partial charge in [-0.3, -0.25) is 4.79 Å². The van der Waals surface area contributed by atoms with Crippen LogP contribution in [0, 0.1) is 0 Å². The van der Waals surface area contributed by atoms with E-state index >= 15 is 0 Å². The van der Waals surface area contributed by atoms with E-state index in [2.05, 4.69) is 15.2 Å². The molecule has 3 heterocycles. The van der Waals surface area contributed by atoms with Crippen molar-refractivity contribution in [3.63, 3.8) is 0 Å². The molecule has 0 unspecified atom stereocenters. The van der Waals surface area contributed by atoms with Crippen LogP contribution < -0.4 is 5.56 Å². The Balaban J connectivity index is 1.93. The molecule has 0 atom stereocenters. The highest BCUT2D eigenvalue weighted by Gasteiger charge is 2.37. The molecule has 156 valence electrons. The lowest BCUT2D eigenvalue weighted by Gasteiger charge is -2.12. The molecule has 0 amide bonds. The lowest BCUT2D eigenvalue weighted by molar-refractivity contribution is -0.147. The Labute approximate surface area is 165 Å². The third kappa shape index (κ3) is 3.10. The number of aliphatic hydroxyl groups excluding tert-OH is 1. The van der Waals surface area contributed by atoms with Gasteiger partial charge in [0.05, 0.1) is 30.3 Å². The van der Waals surface area contributed by atoms with Gasteiger partial charge in [0, 0.05) is 24.6 Å². The van der Waals surface area contributed by atoms with Gasteiger partial charge in [0.1, 0.15) is 11.3 Å². The highest BCUT2D eigenvalue weighted by atomic mass is 19.4. The Bertz CT molecular complexity index is 1290. The molecule has 12 heteroatoms. The smallest absolute Gasteiger partial charge is 0.449 e. The number of pyridine rings is 1. The number of halogens is 3. The van der Waals surface area contributed by atoms with Crippen molar-refractivity contribution in [3.05, 3.63) is 52.3 Å². The zero-order chi connectivity index (χ0) is 21.6. The molecule has 0 saturated carbocycles. The minimum Gasteiger partial charge on any atom is -0.465 e. The average molecular weight is 421 g/mol. The third-order valence-electron chi connectivity index (χ3n) is 4.57. The van der Waals surface area contributed by atoms with E-state index < -0.39 is 30.1 Å². The van der Waals surface area contributed by atoms with Crippen molar-refractivity contribution in [2.45, 2.75) is 12.7 Å². The molecule has 2 N–H and O–H groups in total. The topological polar surface area (TPSA) is 115 Å². The van der Waals surface area contributed by atoms with Crippen LogP contribution in [0.4, 0.5) is 13.2 Å². The number of aliphatic hydroxyl groups is 1. The van der Waals surface area contributed by atoms with Crippen LogP contribution in [0.2, 0.25) is 0 Å². The lowest BCUT2D eigenvalue weighted by atomic mass is 10.1. The average Bonchev–Trinajstić information content (AvgIpc) is 3.27. The number of carbonyl (C=O) groups is 1. The summed E-state index contributed by atoms with van der Waals surface area (Å²) in [7, 11) is 1.18. The van der Waals surface area contributed by atoms with Crippen molar-refractivity contribution >= 4 is 17.0 Å². The van der Waals surface area contributed by atoms with E-state index in [0.29, 0.717) is 5.69 Å². The summed E-state index contributed by atoms with van der Waals surface area (Å²) in [5.74, 6) is -1.86. The molecule has 2 aliphatic heterocycles. The molecular formula is C18H14F3N5O4. The first-order chi connectivity index (χ1) is 14.2. The number of ether oxygens (including phenoxy) is 1. The highest BCUT2D eigenvalue weighted by molar-refractivity contribution is 5.96. The fourth-order valence-electron chi connectivity index (χ4n) is 3.27. The molecule has 4 rings (SSSR count). The van der Waals surface area contributed by atoms with Crippen molar-refractivity contribution in [1.82, 2.24) is 24.3 Å². The largest absolute Gasteiger partial charge is 0.465 e. The van der Waals surface area contributed by atoms with Crippen molar-refractivity contribution in [1.29, 1.82) is 0 Å². The molecule has 0 aliphatic carbocycles. The summed E-state index contributed by atoms with van der Waals surface area (Å²) >= 11 is 0. The summed E-state index contributed by atoms with van der Waals surface area (Å²) in [4.78, 5) is 27.8. The Morgan fingerprint density at radius 3 is 2.73 bits per heavy atom. The van der Waals surface area contributed by atoms with Gasteiger partial charge in [0.25, 0.3) is 5.56 Å². The van der Waals surface area contributed by atoms with Crippen molar-refractivity contribution in [3.8, 4) is 16.9 Å². The SMILES string of the molecule is COC(=O)c1cn(-c2ccc3c(c2)nc(C(F)(F)F)n3CCO)cc2c(=O)[nH]nc1-2. The second-order valence-electron chi connectivity index (χ2n) is 6.37. The predicted molar refractivity (Wildman–Crippen MR) is 97.5 cm³/mol. The van der Waals surface area contributed by atoms with Gasteiger partial charge < -0.3 is 19.0 Å². The number of hydrogen-bond acceptors (Lipinski definition) is 6. The number of hydrogen-bond donors (Lipinski definition) is 2. The number of carbonyl (C=O) groups excluding carboxylic acids is 1. The van der Waals surface area contributed by atoms with E-state index in [1.807, 2.05) is 0 Å². The normalized spacial score (nSPS) is 12.0. The van der Waals surface area contributed by atoms with E-state index in [1.165, 1.54) is 42.3 Å². The van der Waals surface area contributed by atoms with Crippen LogP contribution in [-0.2, 0) is 17.5 Å². The fourth-order valence-corrected chi connectivity index (χ4v) is 3.27. The fraction of sp³-hybridized carbons (Fsp3) is 0.222. The maximum Gasteiger partial charge on any atom is 0.449 e. The van der Waals surface area contributed by atoms with Gasteiger partial charge in [-0.2, -0.15) is 18.3 Å². The summed E-state index contributed by atoms with van der Waals surface area (Å²) in [6.45, 7) is -0.762. The first-order valence-corrected chi connectivity index (χ1v) is 8.62. The zero-order valence-corrected chi connectivity index (χ0v) is 15.4. The van der Waals surface area contributed by atoms with Crippen LogP contribution in [0.1, 0.15) is 16.2 Å². The van der Waals surface area contributed by atoms with Crippen LogP contribution in [-0.4, -0.2) is 49.1 Å². The first-order valence-electron chi connectivity index (χ1n) is 8.62. The quantitative estimate of drug-likeness (QED) is 0.486. The molecule has 0 fully saturated rings. The molecule has 1 aromatic heterocycles. The number of benzene rings is 1. The van der Waals surface area contributed by atoms with E-state index in [0.717, 1.165) is 4.57 Å². The van der Waals surface area contributed by atoms with Crippen molar-refractivity contribution in [2.24, 2.45) is 0 Å². The highest BCUT2D eigenvalue weighted by Crippen LogP contribution is 2.32. The molecule has 0 spiro atoms. The number of imidazole rings is 1. The molecule has 1 aromatic carbocycles. The summed E-state index contributed by atoms with van der Waals surface area (Å²) in [5, 5.41) is 15.2. The van der Waals surface area contributed by atoms with Crippen LogP contribution in [0.15, 0.2) is 35.4 Å².